The van der Waals surface area contributed by atoms with Crippen molar-refractivity contribution in [2.45, 2.75) is 33.1 Å². The molecule has 0 radical (unpaired) electrons. The van der Waals surface area contributed by atoms with Crippen LogP contribution in [0, 0.1) is 5.41 Å². The highest BCUT2D eigenvalue weighted by Gasteiger charge is 2.29. The number of anilines is 2. The summed E-state index contributed by atoms with van der Waals surface area (Å²) in [5.74, 6) is -0.290. The second kappa shape index (κ2) is 5.07. The highest BCUT2D eigenvalue weighted by molar-refractivity contribution is 5.94. The first-order valence-corrected chi connectivity index (χ1v) is 6.69. The Labute approximate surface area is 113 Å². The molecule has 0 bridgehead atoms. The number of hydrogen-bond donors (Lipinski definition) is 2. The van der Waals surface area contributed by atoms with Crippen molar-refractivity contribution in [1.29, 1.82) is 0 Å². The zero-order valence-corrected chi connectivity index (χ0v) is 11.5. The van der Waals surface area contributed by atoms with Gasteiger partial charge >= 0.3 is 5.97 Å². The monoisotopic (exact) mass is 263 g/mol. The standard InChI is InChI=1S/C14H21N3O2/c1-3-14(2)4-6-17(7-5-14)12-8-10(13(18)19)11(15)9-16-12/h8-9H,3-7,15H2,1-2H3,(H,18,19). The first-order chi connectivity index (χ1) is 8.95. The maximum atomic E-state index is 11.1. The molecular formula is C14H21N3O2. The van der Waals surface area contributed by atoms with Crippen molar-refractivity contribution < 1.29 is 9.90 Å². The van der Waals surface area contributed by atoms with E-state index >= 15 is 0 Å². The number of aromatic nitrogens is 1. The molecule has 0 saturated carbocycles. The van der Waals surface area contributed by atoms with Crippen molar-refractivity contribution in [2.75, 3.05) is 23.7 Å². The zero-order chi connectivity index (χ0) is 14.0. The third kappa shape index (κ3) is 2.80. The molecule has 5 nitrogen and oxygen atoms in total. The van der Waals surface area contributed by atoms with Crippen LogP contribution in [0.2, 0.25) is 0 Å². The van der Waals surface area contributed by atoms with Crippen molar-refractivity contribution in [3.8, 4) is 0 Å². The van der Waals surface area contributed by atoms with Crippen LogP contribution < -0.4 is 10.6 Å². The fourth-order valence-corrected chi connectivity index (χ4v) is 2.44. The van der Waals surface area contributed by atoms with Gasteiger partial charge in [0.05, 0.1) is 17.4 Å². The number of hydrogen-bond acceptors (Lipinski definition) is 4. The van der Waals surface area contributed by atoms with E-state index in [0.29, 0.717) is 11.2 Å². The molecule has 0 amide bonds. The van der Waals surface area contributed by atoms with Gasteiger partial charge in [0.1, 0.15) is 5.82 Å². The van der Waals surface area contributed by atoms with E-state index in [1.165, 1.54) is 12.6 Å². The maximum absolute atomic E-state index is 11.1. The summed E-state index contributed by atoms with van der Waals surface area (Å²) in [7, 11) is 0. The second-order valence-electron chi connectivity index (χ2n) is 5.59. The smallest absolute Gasteiger partial charge is 0.337 e. The topological polar surface area (TPSA) is 79.5 Å². The lowest BCUT2D eigenvalue weighted by Crippen LogP contribution is -2.38. The van der Waals surface area contributed by atoms with Crippen molar-refractivity contribution in [1.82, 2.24) is 4.98 Å². The number of aromatic carboxylic acids is 1. The lowest BCUT2D eigenvalue weighted by Gasteiger charge is -2.39. The third-order valence-electron chi connectivity index (χ3n) is 4.30. The summed E-state index contributed by atoms with van der Waals surface area (Å²) in [5, 5.41) is 9.08. The molecule has 19 heavy (non-hydrogen) atoms. The van der Waals surface area contributed by atoms with E-state index in [4.69, 9.17) is 10.8 Å². The normalized spacial score (nSPS) is 18.3. The van der Waals surface area contributed by atoms with Crippen molar-refractivity contribution in [3.05, 3.63) is 17.8 Å². The highest BCUT2D eigenvalue weighted by Crippen LogP contribution is 2.35. The van der Waals surface area contributed by atoms with Crippen LogP contribution in [0.4, 0.5) is 11.5 Å². The van der Waals surface area contributed by atoms with E-state index < -0.39 is 5.97 Å². The fraction of sp³-hybridized carbons (Fsp3) is 0.571. The van der Waals surface area contributed by atoms with Gasteiger partial charge in [-0.1, -0.05) is 20.3 Å². The van der Waals surface area contributed by atoms with Crippen LogP contribution in [-0.4, -0.2) is 29.1 Å². The molecule has 0 atom stereocenters. The summed E-state index contributed by atoms with van der Waals surface area (Å²) in [5.41, 5.74) is 6.37. The molecule has 1 saturated heterocycles. The summed E-state index contributed by atoms with van der Waals surface area (Å²) in [4.78, 5) is 17.5. The Hall–Kier alpha value is -1.78. The van der Waals surface area contributed by atoms with Gasteiger partial charge in [0, 0.05) is 13.1 Å². The largest absolute Gasteiger partial charge is 0.478 e. The zero-order valence-electron chi connectivity index (χ0n) is 11.5. The predicted molar refractivity (Wildman–Crippen MR) is 75.5 cm³/mol. The Balaban J connectivity index is 2.16. The van der Waals surface area contributed by atoms with Crippen molar-refractivity contribution >= 4 is 17.5 Å². The van der Waals surface area contributed by atoms with E-state index in [1.807, 2.05) is 0 Å². The van der Waals surface area contributed by atoms with Gasteiger partial charge in [-0.25, -0.2) is 9.78 Å². The number of carboxylic acid groups (broad SMARTS) is 1. The average Bonchev–Trinajstić information content (AvgIpc) is 2.40. The summed E-state index contributed by atoms with van der Waals surface area (Å²) < 4.78 is 0. The molecule has 1 fully saturated rings. The maximum Gasteiger partial charge on any atom is 0.337 e. The summed E-state index contributed by atoms with van der Waals surface area (Å²) in [6.45, 7) is 6.36. The molecule has 5 heteroatoms. The molecule has 1 aromatic rings. The first kappa shape index (κ1) is 13.6. The number of pyridine rings is 1. The number of nitrogens with two attached hydrogens (primary N) is 1. The molecular weight excluding hydrogens is 242 g/mol. The summed E-state index contributed by atoms with van der Waals surface area (Å²) in [6.07, 6.45) is 4.83. The van der Waals surface area contributed by atoms with Crippen LogP contribution in [0.5, 0.6) is 0 Å². The van der Waals surface area contributed by atoms with E-state index in [0.717, 1.165) is 25.9 Å². The van der Waals surface area contributed by atoms with E-state index in [1.54, 1.807) is 6.07 Å². The number of carbonyl (C=O) groups is 1. The third-order valence-corrected chi connectivity index (χ3v) is 4.30. The van der Waals surface area contributed by atoms with Crippen LogP contribution in [0.15, 0.2) is 12.3 Å². The minimum absolute atomic E-state index is 0.133. The Morgan fingerprint density at radius 1 is 1.53 bits per heavy atom. The molecule has 3 N–H and O–H groups in total. The Bertz CT molecular complexity index is 480. The van der Waals surface area contributed by atoms with E-state index in [9.17, 15) is 4.79 Å². The van der Waals surface area contributed by atoms with Crippen LogP contribution >= 0.6 is 0 Å². The minimum Gasteiger partial charge on any atom is -0.478 e. The molecule has 0 aromatic carbocycles. The van der Waals surface area contributed by atoms with Crippen LogP contribution in [0.1, 0.15) is 43.5 Å². The molecule has 1 aromatic heterocycles. The molecule has 2 heterocycles. The Morgan fingerprint density at radius 2 is 2.16 bits per heavy atom. The fourth-order valence-electron chi connectivity index (χ4n) is 2.44. The first-order valence-electron chi connectivity index (χ1n) is 6.69. The number of piperidine rings is 1. The van der Waals surface area contributed by atoms with Gasteiger partial charge in [0.2, 0.25) is 0 Å². The van der Waals surface area contributed by atoms with Gasteiger partial charge in [-0.2, -0.15) is 0 Å². The van der Waals surface area contributed by atoms with Gasteiger partial charge in [0.15, 0.2) is 0 Å². The van der Waals surface area contributed by atoms with Crippen LogP contribution in [0.3, 0.4) is 0 Å². The molecule has 0 unspecified atom stereocenters. The van der Waals surface area contributed by atoms with E-state index in [2.05, 4.69) is 23.7 Å². The predicted octanol–water partition coefficient (Wildman–Crippen LogP) is 2.38. The van der Waals surface area contributed by atoms with Crippen LogP contribution in [-0.2, 0) is 0 Å². The highest BCUT2D eigenvalue weighted by atomic mass is 16.4. The van der Waals surface area contributed by atoms with Gasteiger partial charge in [-0.05, 0) is 24.3 Å². The summed E-state index contributed by atoms with van der Waals surface area (Å²) in [6, 6.07) is 1.58. The quantitative estimate of drug-likeness (QED) is 0.875. The van der Waals surface area contributed by atoms with Gasteiger partial charge in [-0.15, -0.1) is 0 Å². The molecule has 104 valence electrons. The molecule has 1 aliphatic rings. The number of nitrogens with zero attached hydrogens (tertiary/aromatic N) is 2. The van der Waals surface area contributed by atoms with Gasteiger partial charge in [-0.3, -0.25) is 0 Å². The number of rotatable bonds is 3. The minimum atomic E-state index is -1.00. The molecule has 0 spiro atoms. The Morgan fingerprint density at radius 3 is 2.68 bits per heavy atom. The average molecular weight is 263 g/mol. The number of nitrogen functional groups attached to an aromatic ring is 1. The summed E-state index contributed by atoms with van der Waals surface area (Å²) >= 11 is 0. The molecule has 2 rings (SSSR count). The van der Waals surface area contributed by atoms with E-state index in [-0.39, 0.29) is 11.3 Å². The Kier molecular flexibility index (Phi) is 3.64. The second-order valence-corrected chi connectivity index (χ2v) is 5.59. The van der Waals surface area contributed by atoms with Crippen LogP contribution in [0.25, 0.3) is 0 Å². The lowest BCUT2D eigenvalue weighted by molar-refractivity contribution is 0.0698. The van der Waals surface area contributed by atoms with Crippen molar-refractivity contribution in [3.63, 3.8) is 0 Å². The van der Waals surface area contributed by atoms with Gasteiger partial charge in [0.25, 0.3) is 0 Å². The molecule has 0 aliphatic carbocycles. The van der Waals surface area contributed by atoms with Gasteiger partial charge < -0.3 is 15.7 Å². The molecule has 1 aliphatic heterocycles. The van der Waals surface area contributed by atoms with Crippen molar-refractivity contribution in [2.24, 2.45) is 5.41 Å². The lowest BCUT2D eigenvalue weighted by atomic mass is 9.78. The number of carboxylic acids is 1. The SMILES string of the molecule is CCC1(C)CCN(c2cc(C(=O)O)c(N)cn2)CC1.